The Balaban J connectivity index is 1.83. The molecule has 2 heterocycles. The second-order valence-electron chi connectivity index (χ2n) is 6.61. The van der Waals surface area contributed by atoms with Gasteiger partial charge in [-0.05, 0) is 33.0 Å². The number of piperidine rings is 1. The molecule has 0 N–H and O–H groups in total. The molecule has 2 aliphatic heterocycles. The highest BCUT2D eigenvalue weighted by molar-refractivity contribution is 5.84. The number of likely N-dealkylation sites (tertiary alicyclic amines) is 1. The number of methoxy groups -OCH3 is 1. The largest absolute Gasteiger partial charge is 0.383 e. The van der Waals surface area contributed by atoms with Gasteiger partial charge in [-0.2, -0.15) is 0 Å². The Morgan fingerprint density at radius 2 is 1.79 bits per heavy atom. The van der Waals surface area contributed by atoms with Crippen LogP contribution in [0.4, 0.5) is 0 Å². The third-order valence-corrected chi connectivity index (χ3v) is 4.90. The molecule has 7 heteroatoms. The molecule has 2 amide bonds. The fourth-order valence-corrected chi connectivity index (χ4v) is 3.34. The van der Waals surface area contributed by atoms with Crippen molar-refractivity contribution in [2.45, 2.75) is 31.7 Å². The van der Waals surface area contributed by atoms with E-state index in [-0.39, 0.29) is 30.7 Å². The van der Waals surface area contributed by atoms with Crippen molar-refractivity contribution in [3.8, 4) is 0 Å². The van der Waals surface area contributed by atoms with Gasteiger partial charge < -0.3 is 24.2 Å². The minimum absolute atomic E-state index is 0.0571. The van der Waals surface area contributed by atoms with E-state index in [0.717, 1.165) is 25.9 Å². The number of nitrogens with zero attached hydrogens (tertiary/aromatic N) is 3. The van der Waals surface area contributed by atoms with Gasteiger partial charge in [-0.1, -0.05) is 0 Å². The molecular formula is C17H31N3O4. The van der Waals surface area contributed by atoms with Crippen LogP contribution in [0.5, 0.6) is 0 Å². The first-order chi connectivity index (χ1) is 11.6. The predicted molar refractivity (Wildman–Crippen MR) is 90.7 cm³/mol. The maximum Gasteiger partial charge on any atom is 0.223 e. The van der Waals surface area contributed by atoms with Gasteiger partial charge in [0.25, 0.3) is 0 Å². The molecule has 0 bridgehead atoms. The minimum atomic E-state index is 0.0571. The van der Waals surface area contributed by atoms with Crippen LogP contribution in [0.15, 0.2) is 0 Å². The molecule has 2 saturated heterocycles. The maximum atomic E-state index is 12.7. The first-order valence-electron chi connectivity index (χ1n) is 8.94. The Morgan fingerprint density at radius 3 is 2.42 bits per heavy atom. The lowest BCUT2D eigenvalue weighted by Crippen LogP contribution is -2.48. The smallest absolute Gasteiger partial charge is 0.223 e. The van der Waals surface area contributed by atoms with E-state index in [0.29, 0.717) is 39.5 Å². The third-order valence-electron chi connectivity index (χ3n) is 4.90. The molecule has 138 valence electrons. The fourth-order valence-electron chi connectivity index (χ4n) is 3.34. The van der Waals surface area contributed by atoms with E-state index in [1.165, 1.54) is 0 Å². The van der Waals surface area contributed by atoms with Gasteiger partial charge in [0.05, 0.1) is 19.8 Å². The monoisotopic (exact) mass is 341 g/mol. The molecule has 2 rings (SSSR count). The lowest BCUT2D eigenvalue weighted by molar-refractivity contribution is -0.141. The van der Waals surface area contributed by atoms with Crippen LogP contribution in [0.25, 0.3) is 0 Å². The number of rotatable bonds is 7. The molecule has 0 aromatic heterocycles. The molecule has 0 aliphatic carbocycles. The van der Waals surface area contributed by atoms with Crippen LogP contribution in [0.1, 0.15) is 25.7 Å². The zero-order valence-corrected chi connectivity index (χ0v) is 15.0. The van der Waals surface area contributed by atoms with Crippen molar-refractivity contribution >= 4 is 11.8 Å². The van der Waals surface area contributed by atoms with E-state index in [1.54, 1.807) is 12.0 Å². The molecule has 0 aromatic rings. The van der Waals surface area contributed by atoms with E-state index in [9.17, 15) is 9.59 Å². The number of carbonyl (C=O) groups excluding carboxylic acids is 2. The van der Waals surface area contributed by atoms with Gasteiger partial charge in [-0.15, -0.1) is 0 Å². The lowest BCUT2D eigenvalue weighted by Gasteiger charge is -2.37. The number of amides is 2. The molecule has 0 radical (unpaired) electrons. The highest BCUT2D eigenvalue weighted by atomic mass is 16.5. The van der Waals surface area contributed by atoms with Crippen LogP contribution in [0.3, 0.4) is 0 Å². The van der Waals surface area contributed by atoms with Crippen LogP contribution in [0, 0.1) is 0 Å². The van der Waals surface area contributed by atoms with Crippen LogP contribution in [-0.2, 0) is 19.1 Å². The van der Waals surface area contributed by atoms with E-state index in [4.69, 9.17) is 9.47 Å². The van der Waals surface area contributed by atoms with Gasteiger partial charge in [0.15, 0.2) is 0 Å². The minimum Gasteiger partial charge on any atom is -0.383 e. The predicted octanol–water partition coefficient (Wildman–Crippen LogP) is 0.195. The standard InChI is InChI=1S/C17H31N3O4/c1-18-7-5-15(6-8-18)20(11-12-23-2)17(22)4-3-16(21)19-9-13-24-14-10-19/h15H,3-14H2,1-2H3. The second-order valence-corrected chi connectivity index (χ2v) is 6.61. The maximum absolute atomic E-state index is 12.7. The molecule has 2 fully saturated rings. The van der Waals surface area contributed by atoms with Crippen molar-refractivity contribution in [1.82, 2.24) is 14.7 Å². The Bertz CT molecular complexity index is 405. The number of ether oxygens (including phenoxy) is 2. The zero-order chi connectivity index (χ0) is 17.4. The zero-order valence-electron chi connectivity index (χ0n) is 15.0. The number of hydrogen-bond donors (Lipinski definition) is 0. The summed E-state index contributed by atoms with van der Waals surface area (Å²) in [6.45, 7) is 5.61. The van der Waals surface area contributed by atoms with Crippen molar-refractivity contribution in [1.29, 1.82) is 0 Å². The van der Waals surface area contributed by atoms with Crippen LogP contribution < -0.4 is 0 Å². The molecule has 24 heavy (non-hydrogen) atoms. The number of carbonyl (C=O) groups is 2. The molecule has 0 aromatic carbocycles. The van der Waals surface area contributed by atoms with Crippen molar-refractivity contribution in [2.75, 3.05) is 66.7 Å². The molecule has 0 saturated carbocycles. The van der Waals surface area contributed by atoms with E-state index in [2.05, 4.69) is 11.9 Å². The van der Waals surface area contributed by atoms with Crippen molar-refractivity contribution in [2.24, 2.45) is 0 Å². The van der Waals surface area contributed by atoms with E-state index >= 15 is 0 Å². The Kier molecular flexibility index (Phi) is 7.94. The average Bonchev–Trinajstić information content (AvgIpc) is 2.62. The van der Waals surface area contributed by atoms with Crippen molar-refractivity contribution in [3.63, 3.8) is 0 Å². The normalized spacial score (nSPS) is 20.2. The summed E-state index contributed by atoms with van der Waals surface area (Å²) in [5, 5.41) is 0. The third kappa shape index (κ3) is 5.72. The van der Waals surface area contributed by atoms with Gasteiger partial charge in [-0.3, -0.25) is 9.59 Å². The van der Waals surface area contributed by atoms with Gasteiger partial charge in [-0.25, -0.2) is 0 Å². The van der Waals surface area contributed by atoms with E-state index in [1.807, 2.05) is 4.90 Å². The second kappa shape index (κ2) is 9.96. The van der Waals surface area contributed by atoms with Crippen LogP contribution >= 0.6 is 0 Å². The van der Waals surface area contributed by atoms with Gasteiger partial charge in [0.2, 0.25) is 11.8 Å². The molecule has 7 nitrogen and oxygen atoms in total. The fraction of sp³-hybridized carbons (Fsp3) is 0.882. The summed E-state index contributed by atoms with van der Waals surface area (Å²) in [5.41, 5.74) is 0. The quantitative estimate of drug-likeness (QED) is 0.662. The molecule has 0 spiro atoms. The molecule has 2 aliphatic rings. The summed E-state index contributed by atoms with van der Waals surface area (Å²) in [4.78, 5) is 30.9. The van der Waals surface area contributed by atoms with Crippen molar-refractivity contribution < 1.29 is 19.1 Å². The lowest BCUT2D eigenvalue weighted by atomic mass is 10.0. The highest BCUT2D eigenvalue weighted by Crippen LogP contribution is 2.17. The first-order valence-corrected chi connectivity index (χ1v) is 8.94. The highest BCUT2D eigenvalue weighted by Gasteiger charge is 2.27. The summed E-state index contributed by atoms with van der Waals surface area (Å²) in [6.07, 6.45) is 2.55. The van der Waals surface area contributed by atoms with Crippen LogP contribution in [0.2, 0.25) is 0 Å². The molecular weight excluding hydrogens is 310 g/mol. The Labute approximate surface area is 144 Å². The average molecular weight is 341 g/mol. The first kappa shape index (κ1) is 19.1. The Morgan fingerprint density at radius 1 is 1.12 bits per heavy atom. The Hall–Kier alpha value is -1.18. The SMILES string of the molecule is COCCN(C(=O)CCC(=O)N1CCOCC1)C1CCN(C)CC1. The summed E-state index contributed by atoms with van der Waals surface area (Å²) in [5.74, 6) is 0.130. The summed E-state index contributed by atoms with van der Waals surface area (Å²) in [6, 6.07) is 0.266. The van der Waals surface area contributed by atoms with Gasteiger partial charge in [0, 0.05) is 45.6 Å². The molecule has 0 atom stereocenters. The summed E-state index contributed by atoms with van der Waals surface area (Å²) >= 11 is 0. The molecule has 0 unspecified atom stereocenters. The van der Waals surface area contributed by atoms with Gasteiger partial charge >= 0.3 is 0 Å². The van der Waals surface area contributed by atoms with Crippen LogP contribution in [-0.4, -0.2) is 99.3 Å². The number of morpholine rings is 1. The summed E-state index contributed by atoms with van der Waals surface area (Å²) < 4.78 is 10.4. The van der Waals surface area contributed by atoms with Gasteiger partial charge in [0.1, 0.15) is 0 Å². The van der Waals surface area contributed by atoms with E-state index < -0.39 is 0 Å². The number of hydrogen-bond acceptors (Lipinski definition) is 5. The topological polar surface area (TPSA) is 62.3 Å². The summed E-state index contributed by atoms with van der Waals surface area (Å²) in [7, 11) is 3.76. The van der Waals surface area contributed by atoms with Crippen molar-refractivity contribution in [3.05, 3.63) is 0 Å².